The maximum atomic E-state index is 6.32. The predicted octanol–water partition coefficient (Wildman–Crippen LogP) is 3.62. The topological polar surface area (TPSA) is 27.1 Å². The lowest BCUT2D eigenvalue weighted by molar-refractivity contribution is 0.191. The van der Waals surface area contributed by atoms with Crippen LogP contribution < -0.4 is 0 Å². The second kappa shape index (κ2) is 7.02. The first-order valence-corrected chi connectivity index (χ1v) is 6.72. The number of unbranched alkanes of at least 4 members (excludes halogenated alkanes) is 1. The smallest absolute Gasteiger partial charge is 0.0643 e. The van der Waals surface area contributed by atoms with Crippen molar-refractivity contribution in [2.45, 2.75) is 52.0 Å². The third-order valence-corrected chi connectivity index (χ3v) is 3.60. The zero-order valence-corrected chi connectivity index (χ0v) is 12.0. The summed E-state index contributed by atoms with van der Waals surface area (Å²) in [7, 11) is 1.74. The van der Waals surface area contributed by atoms with E-state index in [9.17, 15) is 0 Å². The number of nitrogens with zero attached hydrogens (tertiary/aromatic N) is 2. The van der Waals surface area contributed by atoms with Gasteiger partial charge in [-0.2, -0.15) is 5.10 Å². The van der Waals surface area contributed by atoms with Crippen molar-refractivity contribution in [3.63, 3.8) is 0 Å². The van der Waals surface area contributed by atoms with Gasteiger partial charge in [-0.25, -0.2) is 0 Å². The maximum absolute atomic E-state index is 6.32. The fraction of sp³-hybridized carbons (Fsp3) is 0.769. The molecular formula is C13H23ClN2O. The number of rotatable bonds is 7. The number of aromatic nitrogens is 2. The van der Waals surface area contributed by atoms with Crippen LogP contribution in [0.5, 0.6) is 0 Å². The summed E-state index contributed by atoms with van der Waals surface area (Å²) in [6, 6.07) is 0. The van der Waals surface area contributed by atoms with Gasteiger partial charge in [0.25, 0.3) is 0 Å². The van der Waals surface area contributed by atoms with Gasteiger partial charge in [0.15, 0.2) is 0 Å². The molecule has 1 aromatic rings. The van der Waals surface area contributed by atoms with Gasteiger partial charge in [0.05, 0.1) is 11.1 Å². The van der Waals surface area contributed by atoms with Gasteiger partial charge in [-0.05, 0) is 33.1 Å². The first kappa shape index (κ1) is 14.5. The van der Waals surface area contributed by atoms with Gasteiger partial charge in [-0.3, -0.25) is 4.68 Å². The molecule has 0 amide bonds. The highest BCUT2D eigenvalue weighted by molar-refractivity contribution is 6.20. The van der Waals surface area contributed by atoms with Crippen LogP contribution in [0.25, 0.3) is 0 Å². The number of methoxy groups -OCH3 is 1. The number of hydrogen-bond acceptors (Lipinski definition) is 2. The molecule has 3 nitrogen and oxygen atoms in total. The second-order valence-corrected chi connectivity index (χ2v) is 4.91. The Bertz CT molecular complexity index is 349. The van der Waals surface area contributed by atoms with Gasteiger partial charge in [0, 0.05) is 31.5 Å². The Morgan fingerprint density at radius 2 is 2.06 bits per heavy atom. The molecule has 0 spiro atoms. The van der Waals surface area contributed by atoms with Crippen molar-refractivity contribution in [3.05, 3.63) is 17.0 Å². The summed E-state index contributed by atoms with van der Waals surface area (Å²) in [5.41, 5.74) is 3.48. The largest absolute Gasteiger partial charge is 0.385 e. The number of ether oxygens (including phenoxy) is 1. The van der Waals surface area contributed by atoms with Crippen LogP contribution in [0.15, 0.2) is 0 Å². The number of aryl methyl sites for hydroxylation is 2. The van der Waals surface area contributed by atoms with Gasteiger partial charge in [0.1, 0.15) is 0 Å². The predicted molar refractivity (Wildman–Crippen MR) is 71.7 cm³/mol. The van der Waals surface area contributed by atoms with E-state index in [1.165, 1.54) is 11.3 Å². The average Bonchev–Trinajstić information content (AvgIpc) is 2.59. The summed E-state index contributed by atoms with van der Waals surface area (Å²) in [6.07, 6.45) is 3.11. The molecule has 17 heavy (non-hydrogen) atoms. The highest BCUT2D eigenvalue weighted by atomic mass is 35.5. The number of hydrogen-bond donors (Lipinski definition) is 0. The molecule has 0 aromatic carbocycles. The van der Waals surface area contributed by atoms with E-state index in [1.54, 1.807) is 7.11 Å². The Labute approximate surface area is 109 Å². The van der Waals surface area contributed by atoms with Crippen LogP contribution >= 0.6 is 11.6 Å². The van der Waals surface area contributed by atoms with Crippen molar-refractivity contribution >= 4 is 11.6 Å². The zero-order chi connectivity index (χ0) is 12.8. The van der Waals surface area contributed by atoms with E-state index in [0.717, 1.165) is 38.1 Å². The lowest BCUT2D eigenvalue weighted by Gasteiger charge is -2.08. The van der Waals surface area contributed by atoms with E-state index in [1.807, 2.05) is 6.92 Å². The molecule has 0 bridgehead atoms. The van der Waals surface area contributed by atoms with E-state index in [-0.39, 0.29) is 5.38 Å². The molecular weight excluding hydrogens is 236 g/mol. The quantitative estimate of drug-likeness (QED) is 0.552. The molecule has 0 saturated carbocycles. The Hall–Kier alpha value is -0.540. The number of alkyl halides is 1. The van der Waals surface area contributed by atoms with E-state index in [0.29, 0.717) is 0 Å². The van der Waals surface area contributed by atoms with Crippen LogP contribution in [0.3, 0.4) is 0 Å². The molecule has 1 aromatic heterocycles. The Balaban J connectivity index is 2.68. The summed E-state index contributed by atoms with van der Waals surface area (Å²) in [5.74, 6) is 0. The minimum absolute atomic E-state index is 0.0859. The monoisotopic (exact) mass is 258 g/mol. The molecule has 0 radical (unpaired) electrons. The van der Waals surface area contributed by atoms with E-state index < -0.39 is 0 Å². The molecule has 1 atom stereocenters. The maximum Gasteiger partial charge on any atom is 0.0643 e. The lowest BCUT2D eigenvalue weighted by atomic mass is 10.1. The summed E-state index contributed by atoms with van der Waals surface area (Å²) < 4.78 is 7.12. The van der Waals surface area contributed by atoms with Crippen LogP contribution in [0.2, 0.25) is 0 Å². The first-order chi connectivity index (χ1) is 8.11. The Kier molecular flexibility index (Phi) is 6.00. The van der Waals surface area contributed by atoms with Gasteiger partial charge in [-0.1, -0.05) is 6.92 Å². The normalized spacial score (nSPS) is 13.0. The van der Waals surface area contributed by atoms with Gasteiger partial charge >= 0.3 is 0 Å². The van der Waals surface area contributed by atoms with E-state index >= 15 is 0 Å². The van der Waals surface area contributed by atoms with Crippen molar-refractivity contribution in [2.75, 3.05) is 13.7 Å². The molecule has 1 unspecified atom stereocenters. The minimum Gasteiger partial charge on any atom is -0.385 e. The molecule has 1 rings (SSSR count). The Morgan fingerprint density at radius 3 is 2.65 bits per heavy atom. The van der Waals surface area contributed by atoms with Crippen molar-refractivity contribution in [1.82, 2.24) is 9.78 Å². The summed E-state index contributed by atoms with van der Waals surface area (Å²) >= 11 is 6.32. The van der Waals surface area contributed by atoms with Gasteiger partial charge in [0.2, 0.25) is 0 Å². The second-order valence-electron chi connectivity index (χ2n) is 4.38. The van der Waals surface area contributed by atoms with Crippen LogP contribution in [-0.2, 0) is 11.3 Å². The minimum atomic E-state index is 0.0859. The first-order valence-electron chi connectivity index (χ1n) is 6.28. The third-order valence-electron chi connectivity index (χ3n) is 3.08. The van der Waals surface area contributed by atoms with E-state index in [2.05, 4.69) is 23.6 Å². The zero-order valence-electron chi connectivity index (χ0n) is 11.3. The summed E-state index contributed by atoms with van der Waals surface area (Å²) in [5, 5.41) is 4.65. The molecule has 0 aliphatic heterocycles. The van der Waals surface area contributed by atoms with Crippen molar-refractivity contribution in [1.29, 1.82) is 0 Å². The van der Waals surface area contributed by atoms with Crippen LogP contribution in [0.1, 0.15) is 48.5 Å². The average molecular weight is 259 g/mol. The van der Waals surface area contributed by atoms with Crippen LogP contribution in [0, 0.1) is 13.8 Å². The Morgan fingerprint density at radius 1 is 1.35 bits per heavy atom. The van der Waals surface area contributed by atoms with Gasteiger partial charge in [-0.15, -0.1) is 11.6 Å². The number of halogens is 1. The molecule has 1 heterocycles. The molecule has 0 aliphatic carbocycles. The highest BCUT2D eigenvalue weighted by Crippen LogP contribution is 2.29. The van der Waals surface area contributed by atoms with Crippen LogP contribution in [0.4, 0.5) is 0 Å². The molecule has 0 fully saturated rings. The summed E-state index contributed by atoms with van der Waals surface area (Å²) in [4.78, 5) is 0. The lowest BCUT2D eigenvalue weighted by Crippen LogP contribution is -2.04. The SMILES string of the molecule is CCC(Cl)c1c(C)nn(CCCCOC)c1C. The van der Waals surface area contributed by atoms with Crippen molar-refractivity contribution < 1.29 is 4.74 Å². The molecule has 4 heteroatoms. The third kappa shape index (κ3) is 3.71. The van der Waals surface area contributed by atoms with Crippen molar-refractivity contribution in [2.24, 2.45) is 0 Å². The standard InChI is InChI=1S/C13H23ClN2O/c1-5-12(14)13-10(2)15-16(11(13)3)8-6-7-9-17-4/h12H,5-9H2,1-4H3. The van der Waals surface area contributed by atoms with E-state index in [4.69, 9.17) is 16.3 Å². The fourth-order valence-electron chi connectivity index (χ4n) is 2.09. The molecule has 0 aliphatic rings. The van der Waals surface area contributed by atoms with Gasteiger partial charge < -0.3 is 4.74 Å². The molecule has 0 saturated heterocycles. The van der Waals surface area contributed by atoms with Crippen molar-refractivity contribution in [3.8, 4) is 0 Å². The summed E-state index contributed by atoms with van der Waals surface area (Å²) in [6.45, 7) is 8.02. The molecule has 0 N–H and O–H groups in total. The van der Waals surface area contributed by atoms with Crippen LogP contribution in [-0.4, -0.2) is 23.5 Å². The highest BCUT2D eigenvalue weighted by Gasteiger charge is 2.17. The molecule has 98 valence electrons. The fourth-order valence-corrected chi connectivity index (χ4v) is 2.41.